The fourth-order valence-electron chi connectivity index (χ4n) is 4.91. The lowest BCUT2D eigenvalue weighted by molar-refractivity contribution is -0.134. The number of hydrogen-bond acceptors (Lipinski definition) is 6. The Labute approximate surface area is 215 Å². The minimum atomic E-state index is -0.281. The summed E-state index contributed by atoms with van der Waals surface area (Å²) in [5.41, 5.74) is 3.16. The van der Waals surface area contributed by atoms with E-state index >= 15 is 0 Å². The predicted molar refractivity (Wildman–Crippen MR) is 138 cm³/mol. The Hall–Kier alpha value is -3.52. The summed E-state index contributed by atoms with van der Waals surface area (Å²) in [6, 6.07) is 15.4. The molecule has 1 atom stereocenters. The molecular formula is C27H29ClN4O4. The minimum absolute atomic E-state index is 0.0780. The van der Waals surface area contributed by atoms with Gasteiger partial charge in [-0.3, -0.25) is 9.59 Å². The third kappa shape index (κ3) is 4.78. The number of rotatable bonds is 6. The number of anilines is 1. The molecule has 1 aromatic heterocycles. The predicted octanol–water partition coefficient (Wildman–Crippen LogP) is 3.57. The van der Waals surface area contributed by atoms with Gasteiger partial charge in [0.1, 0.15) is 12.9 Å². The summed E-state index contributed by atoms with van der Waals surface area (Å²) in [4.78, 5) is 40.5. The van der Waals surface area contributed by atoms with Crippen molar-refractivity contribution < 1.29 is 14.4 Å². The van der Waals surface area contributed by atoms with Gasteiger partial charge in [0.05, 0.1) is 23.8 Å². The molecule has 0 saturated carbocycles. The van der Waals surface area contributed by atoms with Gasteiger partial charge < -0.3 is 19.4 Å². The standard InChI is InChI=1S/C27H29ClN4O4/c1-18-5-11-21(12-6-18)36-17-25(33)30-15-13-23-22(16-30)26(34)32(35-2)27(29-23)31-14-3-4-24(31)19-7-9-20(28)10-8-19/h5-12,24H,3-4,13-17H2,1-2H3. The van der Waals surface area contributed by atoms with E-state index < -0.39 is 0 Å². The SMILES string of the molecule is COn1c(N2CCCC2c2ccc(Cl)cc2)nc2c(c1=O)CN(C(=O)COc1ccc(C)cc1)CC2. The highest BCUT2D eigenvalue weighted by Gasteiger charge is 2.33. The number of carbonyl (C=O) groups is 1. The van der Waals surface area contributed by atoms with Gasteiger partial charge >= 0.3 is 0 Å². The fourth-order valence-corrected chi connectivity index (χ4v) is 5.04. The molecule has 8 nitrogen and oxygen atoms in total. The number of ether oxygens (including phenoxy) is 1. The van der Waals surface area contributed by atoms with Gasteiger partial charge in [-0.15, -0.1) is 4.73 Å². The number of hydrogen-bond donors (Lipinski definition) is 0. The van der Waals surface area contributed by atoms with Crippen molar-refractivity contribution in [3.05, 3.63) is 86.3 Å². The van der Waals surface area contributed by atoms with Gasteiger partial charge in [0.2, 0.25) is 5.95 Å². The van der Waals surface area contributed by atoms with Gasteiger partial charge in [-0.05, 0) is 49.6 Å². The summed E-state index contributed by atoms with van der Waals surface area (Å²) in [5, 5.41) is 0.687. The number of aromatic nitrogens is 2. The lowest BCUT2D eigenvalue weighted by Gasteiger charge is -2.31. The molecule has 0 spiro atoms. The fraction of sp³-hybridized carbons (Fsp3) is 0.370. The van der Waals surface area contributed by atoms with Crippen LogP contribution in [0.5, 0.6) is 5.75 Å². The largest absolute Gasteiger partial charge is 0.484 e. The quantitative estimate of drug-likeness (QED) is 0.506. The van der Waals surface area contributed by atoms with Crippen LogP contribution in [0, 0.1) is 6.92 Å². The van der Waals surface area contributed by atoms with E-state index in [1.165, 1.54) is 11.8 Å². The first-order chi connectivity index (χ1) is 17.4. The van der Waals surface area contributed by atoms with E-state index in [0.29, 0.717) is 40.9 Å². The molecule has 0 bridgehead atoms. The van der Waals surface area contributed by atoms with E-state index in [4.69, 9.17) is 26.2 Å². The molecule has 1 unspecified atom stereocenters. The maximum absolute atomic E-state index is 13.5. The van der Waals surface area contributed by atoms with Gasteiger partial charge in [0.25, 0.3) is 11.5 Å². The summed E-state index contributed by atoms with van der Waals surface area (Å²) >= 11 is 6.08. The highest BCUT2D eigenvalue weighted by molar-refractivity contribution is 6.30. The molecule has 9 heteroatoms. The zero-order valence-corrected chi connectivity index (χ0v) is 21.2. The molecule has 1 fully saturated rings. The first-order valence-electron chi connectivity index (χ1n) is 12.1. The molecule has 2 aliphatic rings. The maximum Gasteiger partial charge on any atom is 0.293 e. The molecule has 188 valence electrons. The normalized spacial score (nSPS) is 17.1. The van der Waals surface area contributed by atoms with Crippen LogP contribution in [0.4, 0.5) is 5.95 Å². The molecule has 1 saturated heterocycles. The van der Waals surface area contributed by atoms with Crippen molar-refractivity contribution in [1.29, 1.82) is 0 Å². The van der Waals surface area contributed by atoms with Gasteiger partial charge in [0, 0.05) is 24.5 Å². The third-order valence-corrected chi connectivity index (χ3v) is 7.11. The first kappa shape index (κ1) is 24.2. The van der Waals surface area contributed by atoms with Crippen molar-refractivity contribution in [2.75, 3.05) is 31.7 Å². The smallest absolute Gasteiger partial charge is 0.293 e. The number of carbonyl (C=O) groups excluding carboxylic acids is 1. The van der Waals surface area contributed by atoms with Crippen LogP contribution in [-0.2, 0) is 17.8 Å². The molecule has 2 aromatic carbocycles. The Morgan fingerprint density at radius 1 is 1.11 bits per heavy atom. The van der Waals surface area contributed by atoms with Crippen molar-refractivity contribution in [2.24, 2.45) is 0 Å². The number of benzene rings is 2. The summed E-state index contributed by atoms with van der Waals surface area (Å²) in [6.45, 7) is 3.34. The van der Waals surface area contributed by atoms with Crippen molar-refractivity contribution in [2.45, 2.75) is 38.8 Å². The summed E-state index contributed by atoms with van der Waals surface area (Å²) in [7, 11) is 1.47. The molecule has 2 aliphatic heterocycles. The monoisotopic (exact) mass is 508 g/mol. The van der Waals surface area contributed by atoms with Crippen LogP contribution in [0.25, 0.3) is 0 Å². The molecule has 36 heavy (non-hydrogen) atoms. The van der Waals surface area contributed by atoms with Crippen LogP contribution >= 0.6 is 11.6 Å². The van der Waals surface area contributed by atoms with E-state index in [2.05, 4.69) is 4.90 Å². The van der Waals surface area contributed by atoms with Crippen molar-refractivity contribution in [3.8, 4) is 5.75 Å². The molecule has 0 radical (unpaired) electrons. The Morgan fingerprint density at radius 3 is 2.58 bits per heavy atom. The van der Waals surface area contributed by atoms with Gasteiger partial charge in [-0.1, -0.05) is 41.4 Å². The highest BCUT2D eigenvalue weighted by Crippen LogP contribution is 2.35. The molecule has 3 aromatic rings. The topological polar surface area (TPSA) is 76.9 Å². The van der Waals surface area contributed by atoms with Gasteiger partial charge in [0.15, 0.2) is 6.61 Å². The van der Waals surface area contributed by atoms with Crippen LogP contribution < -0.4 is 20.0 Å². The molecule has 0 N–H and O–H groups in total. The van der Waals surface area contributed by atoms with Crippen molar-refractivity contribution in [1.82, 2.24) is 14.6 Å². The lowest BCUT2D eigenvalue weighted by atomic mass is 10.0. The van der Waals surface area contributed by atoms with Crippen LogP contribution in [0.15, 0.2) is 53.3 Å². The first-order valence-corrected chi connectivity index (χ1v) is 12.5. The number of amides is 1. The number of nitrogens with zero attached hydrogens (tertiary/aromatic N) is 4. The van der Waals surface area contributed by atoms with E-state index in [9.17, 15) is 9.59 Å². The van der Waals surface area contributed by atoms with Crippen LogP contribution in [-0.4, -0.2) is 47.3 Å². The third-order valence-electron chi connectivity index (χ3n) is 6.86. The van der Waals surface area contributed by atoms with Gasteiger partial charge in [-0.2, -0.15) is 0 Å². The zero-order chi connectivity index (χ0) is 25.2. The Kier molecular flexibility index (Phi) is 6.87. The average Bonchev–Trinajstić information content (AvgIpc) is 3.38. The second kappa shape index (κ2) is 10.2. The average molecular weight is 509 g/mol. The number of fused-ring (bicyclic) bond motifs is 1. The number of aryl methyl sites for hydroxylation is 1. The maximum atomic E-state index is 13.5. The zero-order valence-electron chi connectivity index (χ0n) is 20.4. The summed E-state index contributed by atoms with van der Waals surface area (Å²) < 4.78 is 6.91. The Morgan fingerprint density at radius 2 is 1.86 bits per heavy atom. The van der Waals surface area contributed by atoms with E-state index in [1.807, 2.05) is 55.5 Å². The lowest BCUT2D eigenvalue weighted by Crippen LogP contribution is -2.45. The van der Waals surface area contributed by atoms with E-state index in [0.717, 1.165) is 30.5 Å². The number of halogens is 1. The molecular weight excluding hydrogens is 480 g/mol. The van der Waals surface area contributed by atoms with E-state index in [-0.39, 0.29) is 30.7 Å². The molecule has 1 amide bonds. The molecule has 0 aliphatic carbocycles. The summed E-state index contributed by atoms with van der Waals surface area (Å²) in [6.07, 6.45) is 2.42. The molecule has 3 heterocycles. The van der Waals surface area contributed by atoms with Crippen molar-refractivity contribution >= 4 is 23.5 Å². The second-order valence-electron chi connectivity index (χ2n) is 9.19. The summed E-state index contributed by atoms with van der Waals surface area (Å²) in [5.74, 6) is 0.970. The van der Waals surface area contributed by atoms with Crippen molar-refractivity contribution in [3.63, 3.8) is 0 Å². The highest BCUT2D eigenvalue weighted by atomic mass is 35.5. The van der Waals surface area contributed by atoms with Crippen LogP contribution in [0.2, 0.25) is 5.02 Å². The molecule has 5 rings (SSSR count). The Balaban J connectivity index is 1.36. The second-order valence-corrected chi connectivity index (χ2v) is 9.63. The Bertz CT molecular complexity index is 1310. The van der Waals surface area contributed by atoms with Gasteiger partial charge in [-0.25, -0.2) is 4.98 Å². The minimum Gasteiger partial charge on any atom is -0.484 e. The van der Waals surface area contributed by atoms with E-state index in [1.54, 1.807) is 4.90 Å². The van der Waals surface area contributed by atoms with Crippen LogP contribution in [0.3, 0.4) is 0 Å². The van der Waals surface area contributed by atoms with Crippen LogP contribution in [0.1, 0.15) is 41.3 Å².